The van der Waals surface area contributed by atoms with Gasteiger partial charge in [0.1, 0.15) is 0 Å². The molecule has 0 amide bonds. The molecule has 1 saturated heterocycles. The molecule has 0 bridgehead atoms. The molecule has 0 saturated carbocycles. The molecule has 2 rings (SSSR count). The highest BCUT2D eigenvalue weighted by atomic mass is 19.2. The number of carbonyl (C=O) groups is 1. The fourth-order valence-electron chi connectivity index (χ4n) is 2.32. The van der Waals surface area contributed by atoms with Crippen LogP contribution in [0.3, 0.4) is 0 Å². The van der Waals surface area contributed by atoms with Crippen molar-refractivity contribution in [2.45, 2.75) is 13.0 Å². The van der Waals surface area contributed by atoms with Gasteiger partial charge in [0, 0.05) is 39.3 Å². The molecule has 0 unspecified atom stereocenters. The first-order valence-corrected chi connectivity index (χ1v) is 6.65. The monoisotopic (exact) mass is 284 g/mol. The van der Waals surface area contributed by atoms with Gasteiger partial charge in [0.15, 0.2) is 11.6 Å². The van der Waals surface area contributed by atoms with Crippen molar-refractivity contribution in [3.8, 4) is 0 Å². The van der Waals surface area contributed by atoms with Gasteiger partial charge in [-0.15, -0.1) is 0 Å². The summed E-state index contributed by atoms with van der Waals surface area (Å²) in [5.74, 6) is -2.43. The van der Waals surface area contributed by atoms with E-state index in [4.69, 9.17) is 5.11 Å². The molecule has 20 heavy (non-hydrogen) atoms. The lowest BCUT2D eigenvalue weighted by Gasteiger charge is -2.34. The molecule has 1 heterocycles. The number of hydrogen-bond donors (Lipinski definition) is 1. The molecule has 1 N–H and O–H groups in total. The minimum Gasteiger partial charge on any atom is -0.481 e. The molecule has 1 aromatic carbocycles. The van der Waals surface area contributed by atoms with Gasteiger partial charge >= 0.3 is 5.97 Å². The Morgan fingerprint density at radius 1 is 1.10 bits per heavy atom. The van der Waals surface area contributed by atoms with Crippen LogP contribution in [0.5, 0.6) is 0 Å². The maximum Gasteiger partial charge on any atom is 0.304 e. The van der Waals surface area contributed by atoms with E-state index in [9.17, 15) is 13.6 Å². The highest BCUT2D eigenvalue weighted by Gasteiger charge is 2.17. The third kappa shape index (κ3) is 4.25. The van der Waals surface area contributed by atoms with Crippen molar-refractivity contribution in [1.29, 1.82) is 0 Å². The zero-order valence-electron chi connectivity index (χ0n) is 11.2. The first kappa shape index (κ1) is 14.9. The molecule has 1 aliphatic rings. The van der Waals surface area contributed by atoms with Crippen molar-refractivity contribution in [2.75, 3.05) is 32.7 Å². The molecule has 1 fully saturated rings. The van der Waals surface area contributed by atoms with Crippen LogP contribution >= 0.6 is 0 Å². The predicted molar refractivity (Wildman–Crippen MR) is 70.3 cm³/mol. The van der Waals surface area contributed by atoms with Crippen LogP contribution in [0.25, 0.3) is 0 Å². The van der Waals surface area contributed by atoms with Crippen LogP contribution in [0, 0.1) is 11.6 Å². The number of aliphatic carboxylic acids is 1. The molecule has 1 aliphatic heterocycles. The summed E-state index contributed by atoms with van der Waals surface area (Å²) in [4.78, 5) is 14.8. The van der Waals surface area contributed by atoms with Gasteiger partial charge in [-0.3, -0.25) is 9.69 Å². The fraction of sp³-hybridized carbons (Fsp3) is 0.500. The summed E-state index contributed by atoms with van der Waals surface area (Å²) in [5.41, 5.74) is 0.753. The van der Waals surface area contributed by atoms with E-state index in [1.54, 1.807) is 6.07 Å². The number of benzene rings is 1. The van der Waals surface area contributed by atoms with E-state index in [2.05, 4.69) is 9.80 Å². The van der Waals surface area contributed by atoms with Gasteiger partial charge < -0.3 is 10.0 Å². The Morgan fingerprint density at radius 3 is 2.35 bits per heavy atom. The van der Waals surface area contributed by atoms with Gasteiger partial charge in [-0.2, -0.15) is 0 Å². The third-order valence-electron chi connectivity index (χ3n) is 3.50. The van der Waals surface area contributed by atoms with E-state index in [1.165, 1.54) is 6.07 Å². The lowest BCUT2D eigenvalue weighted by atomic mass is 10.2. The Balaban J connectivity index is 1.79. The van der Waals surface area contributed by atoms with Crippen molar-refractivity contribution in [2.24, 2.45) is 0 Å². The lowest BCUT2D eigenvalue weighted by Crippen LogP contribution is -2.46. The fourth-order valence-corrected chi connectivity index (χ4v) is 2.32. The topological polar surface area (TPSA) is 43.8 Å². The van der Waals surface area contributed by atoms with Gasteiger partial charge in [-0.25, -0.2) is 8.78 Å². The summed E-state index contributed by atoms with van der Waals surface area (Å²) in [6.07, 6.45) is 0.156. The van der Waals surface area contributed by atoms with Crippen LogP contribution in [0.2, 0.25) is 0 Å². The zero-order chi connectivity index (χ0) is 14.5. The highest BCUT2D eigenvalue weighted by Crippen LogP contribution is 2.12. The third-order valence-corrected chi connectivity index (χ3v) is 3.50. The summed E-state index contributed by atoms with van der Waals surface area (Å²) in [7, 11) is 0. The first-order valence-electron chi connectivity index (χ1n) is 6.65. The van der Waals surface area contributed by atoms with Crippen LogP contribution in [-0.2, 0) is 11.3 Å². The van der Waals surface area contributed by atoms with E-state index in [-0.39, 0.29) is 6.42 Å². The standard InChI is InChI=1S/C14H18F2N2O2/c15-12-2-1-11(9-13(12)16)10-18-7-5-17(6-8-18)4-3-14(19)20/h1-2,9H,3-8,10H2,(H,19,20). The largest absolute Gasteiger partial charge is 0.481 e. The molecule has 4 nitrogen and oxygen atoms in total. The van der Waals surface area contributed by atoms with Crippen molar-refractivity contribution in [3.63, 3.8) is 0 Å². The van der Waals surface area contributed by atoms with Crippen LogP contribution in [0.4, 0.5) is 8.78 Å². The van der Waals surface area contributed by atoms with E-state index in [0.29, 0.717) is 13.1 Å². The summed E-state index contributed by atoms with van der Waals surface area (Å²) in [6, 6.07) is 3.97. The van der Waals surface area contributed by atoms with Gasteiger partial charge in [-0.05, 0) is 17.7 Å². The van der Waals surface area contributed by atoms with Crippen molar-refractivity contribution in [3.05, 3.63) is 35.4 Å². The summed E-state index contributed by atoms with van der Waals surface area (Å²) < 4.78 is 25.9. The Bertz CT molecular complexity index is 474. The van der Waals surface area contributed by atoms with Crippen LogP contribution < -0.4 is 0 Å². The molecular weight excluding hydrogens is 266 g/mol. The molecule has 0 spiro atoms. The van der Waals surface area contributed by atoms with Gasteiger partial charge in [0.05, 0.1) is 6.42 Å². The molecule has 110 valence electrons. The number of nitrogens with zero attached hydrogens (tertiary/aromatic N) is 2. The number of piperazine rings is 1. The van der Waals surface area contributed by atoms with E-state index in [0.717, 1.165) is 37.8 Å². The quantitative estimate of drug-likeness (QED) is 0.891. The molecule has 0 radical (unpaired) electrons. The second-order valence-corrected chi connectivity index (χ2v) is 5.01. The van der Waals surface area contributed by atoms with E-state index < -0.39 is 17.6 Å². The second-order valence-electron chi connectivity index (χ2n) is 5.01. The highest BCUT2D eigenvalue weighted by molar-refractivity contribution is 5.66. The maximum atomic E-state index is 13.1. The average molecular weight is 284 g/mol. The summed E-state index contributed by atoms with van der Waals surface area (Å²) >= 11 is 0. The van der Waals surface area contributed by atoms with Crippen molar-refractivity contribution < 1.29 is 18.7 Å². The van der Waals surface area contributed by atoms with Crippen LogP contribution in [0.15, 0.2) is 18.2 Å². The normalized spacial score (nSPS) is 17.3. The first-order chi connectivity index (χ1) is 9.54. The molecule has 1 aromatic rings. The van der Waals surface area contributed by atoms with E-state index in [1.807, 2.05) is 0 Å². The second kappa shape index (κ2) is 6.76. The number of halogens is 2. The van der Waals surface area contributed by atoms with Gasteiger partial charge in [-0.1, -0.05) is 6.07 Å². The minimum absolute atomic E-state index is 0.156. The average Bonchev–Trinajstić information content (AvgIpc) is 2.42. The van der Waals surface area contributed by atoms with E-state index >= 15 is 0 Å². The maximum absolute atomic E-state index is 13.1. The number of rotatable bonds is 5. The zero-order valence-corrected chi connectivity index (χ0v) is 11.2. The minimum atomic E-state index is -0.827. The van der Waals surface area contributed by atoms with Gasteiger partial charge in [0.25, 0.3) is 0 Å². The summed E-state index contributed by atoms with van der Waals surface area (Å²) in [6.45, 7) is 4.36. The number of carboxylic acids is 1. The molecule has 6 heteroatoms. The summed E-state index contributed by atoms with van der Waals surface area (Å²) in [5, 5.41) is 8.64. The molecule has 0 aromatic heterocycles. The molecule has 0 atom stereocenters. The number of carboxylic acid groups (broad SMARTS) is 1. The van der Waals surface area contributed by atoms with Crippen molar-refractivity contribution in [1.82, 2.24) is 9.80 Å². The van der Waals surface area contributed by atoms with Crippen LogP contribution in [-0.4, -0.2) is 53.6 Å². The Hall–Kier alpha value is -1.53. The molecule has 0 aliphatic carbocycles. The van der Waals surface area contributed by atoms with Crippen LogP contribution in [0.1, 0.15) is 12.0 Å². The number of hydrogen-bond acceptors (Lipinski definition) is 3. The Labute approximate surface area is 116 Å². The van der Waals surface area contributed by atoms with Gasteiger partial charge in [0.2, 0.25) is 0 Å². The Morgan fingerprint density at radius 2 is 1.75 bits per heavy atom. The molecular formula is C14H18F2N2O2. The van der Waals surface area contributed by atoms with Crippen molar-refractivity contribution >= 4 is 5.97 Å². The Kier molecular flexibility index (Phi) is 5.03. The predicted octanol–water partition coefficient (Wildman–Crippen LogP) is 1.56. The lowest BCUT2D eigenvalue weighted by molar-refractivity contribution is -0.137. The smallest absolute Gasteiger partial charge is 0.304 e. The SMILES string of the molecule is O=C(O)CCN1CCN(Cc2ccc(F)c(F)c2)CC1.